The first kappa shape index (κ1) is 19.3. The molecule has 0 saturated carbocycles. The van der Waals surface area contributed by atoms with E-state index in [-0.39, 0.29) is 12.3 Å². The molecule has 0 aliphatic heterocycles. The second kappa shape index (κ2) is 8.37. The molecule has 0 spiro atoms. The van der Waals surface area contributed by atoms with Crippen LogP contribution in [0.15, 0.2) is 48.5 Å². The maximum absolute atomic E-state index is 12.5. The standard InChI is InChI=1S/C18H16F3NO4/c1-12-3-2-4-15(9-12)25-11-17(24)26-10-16(23)22-14-7-5-13(6-8-14)18(19,20)21/h2-9H,10-11H2,1H3,(H,22,23). The quantitative estimate of drug-likeness (QED) is 0.793. The van der Waals surface area contributed by atoms with Crippen LogP contribution in [0, 0.1) is 6.92 Å². The molecule has 8 heteroatoms. The zero-order valence-electron chi connectivity index (χ0n) is 13.8. The van der Waals surface area contributed by atoms with Crippen molar-refractivity contribution >= 4 is 17.6 Å². The van der Waals surface area contributed by atoms with Crippen molar-refractivity contribution in [2.75, 3.05) is 18.5 Å². The molecule has 1 N–H and O–H groups in total. The number of amides is 1. The van der Waals surface area contributed by atoms with Crippen LogP contribution in [0.4, 0.5) is 18.9 Å². The number of aryl methyl sites for hydroxylation is 1. The molecule has 0 atom stereocenters. The lowest BCUT2D eigenvalue weighted by atomic mass is 10.2. The zero-order valence-corrected chi connectivity index (χ0v) is 13.8. The summed E-state index contributed by atoms with van der Waals surface area (Å²) < 4.78 is 47.3. The van der Waals surface area contributed by atoms with Gasteiger partial charge in [-0.1, -0.05) is 12.1 Å². The number of carbonyl (C=O) groups is 2. The fourth-order valence-corrected chi connectivity index (χ4v) is 1.97. The van der Waals surface area contributed by atoms with E-state index in [2.05, 4.69) is 5.32 Å². The van der Waals surface area contributed by atoms with Gasteiger partial charge in [-0.25, -0.2) is 4.79 Å². The third-order valence-electron chi connectivity index (χ3n) is 3.21. The minimum Gasteiger partial charge on any atom is -0.482 e. The van der Waals surface area contributed by atoms with Crippen molar-refractivity contribution < 1.29 is 32.2 Å². The third kappa shape index (κ3) is 6.12. The van der Waals surface area contributed by atoms with Crippen molar-refractivity contribution in [1.29, 1.82) is 0 Å². The fraction of sp³-hybridized carbons (Fsp3) is 0.222. The number of ether oxygens (including phenoxy) is 2. The average Bonchev–Trinajstić information content (AvgIpc) is 2.58. The summed E-state index contributed by atoms with van der Waals surface area (Å²) in [5, 5.41) is 2.33. The summed E-state index contributed by atoms with van der Waals surface area (Å²) >= 11 is 0. The lowest BCUT2D eigenvalue weighted by Crippen LogP contribution is -2.23. The number of anilines is 1. The number of hydrogen-bond acceptors (Lipinski definition) is 4. The van der Waals surface area contributed by atoms with Crippen LogP contribution < -0.4 is 10.1 Å². The van der Waals surface area contributed by atoms with Gasteiger partial charge in [0.2, 0.25) is 0 Å². The Labute approximate surface area is 147 Å². The first-order valence-corrected chi connectivity index (χ1v) is 7.56. The molecule has 0 heterocycles. The first-order valence-electron chi connectivity index (χ1n) is 7.56. The first-order chi connectivity index (χ1) is 12.2. The number of esters is 1. The van der Waals surface area contributed by atoms with E-state index in [1.54, 1.807) is 18.2 Å². The second-order valence-electron chi connectivity index (χ2n) is 5.39. The Kier molecular flexibility index (Phi) is 6.21. The summed E-state index contributed by atoms with van der Waals surface area (Å²) in [6, 6.07) is 11.0. The SMILES string of the molecule is Cc1cccc(OCC(=O)OCC(=O)Nc2ccc(C(F)(F)F)cc2)c1. The summed E-state index contributed by atoms with van der Waals surface area (Å²) in [5.74, 6) is -0.918. The molecule has 2 aromatic rings. The highest BCUT2D eigenvalue weighted by atomic mass is 19.4. The molecule has 0 saturated heterocycles. The van der Waals surface area contributed by atoms with Crippen molar-refractivity contribution in [1.82, 2.24) is 0 Å². The van der Waals surface area contributed by atoms with Gasteiger partial charge in [0, 0.05) is 5.69 Å². The molecule has 1 amide bonds. The van der Waals surface area contributed by atoms with E-state index in [9.17, 15) is 22.8 Å². The number of carbonyl (C=O) groups excluding carboxylic acids is 2. The van der Waals surface area contributed by atoms with E-state index in [0.717, 1.165) is 29.8 Å². The summed E-state index contributed by atoms with van der Waals surface area (Å²) in [4.78, 5) is 23.2. The van der Waals surface area contributed by atoms with Crippen molar-refractivity contribution in [2.24, 2.45) is 0 Å². The van der Waals surface area contributed by atoms with Crippen LogP contribution in [0.25, 0.3) is 0 Å². The van der Waals surface area contributed by atoms with Gasteiger partial charge in [-0.15, -0.1) is 0 Å². The molecule has 0 fully saturated rings. The minimum absolute atomic E-state index is 0.162. The lowest BCUT2D eigenvalue weighted by Gasteiger charge is -2.09. The maximum atomic E-state index is 12.5. The molecule has 2 rings (SSSR count). The maximum Gasteiger partial charge on any atom is 0.416 e. The van der Waals surface area contributed by atoms with Gasteiger partial charge in [-0.3, -0.25) is 4.79 Å². The molecule has 0 radical (unpaired) electrons. The number of halogens is 3. The number of alkyl halides is 3. The summed E-state index contributed by atoms with van der Waals surface area (Å²) in [7, 11) is 0. The van der Waals surface area contributed by atoms with E-state index in [4.69, 9.17) is 9.47 Å². The van der Waals surface area contributed by atoms with Gasteiger partial charge in [0.15, 0.2) is 13.2 Å². The van der Waals surface area contributed by atoms with Crippen molar-refractivity contribution in [3.05, 3.63) is 59.7 Å². The molecule has 0 bridgehead atoms. The number of benzene rings is 2. The van der Waals surface area contributed by atoms with Gasteiger partial charge in [0.05, 0.1) is 5.56 Å². The molecule has 138 valence electrons. The zero-order chi connectivity index (χ0) is 19.2. The molecule has 26 heavy (non-hydrogen) atoms. The predicted molar refractivity (Wildman–Crippen MR) is 87.7 cm³/mol. The van der Waals surface area contributed by atoms with Crippen molar-refractivity contribution in [3.63, 3.8) is 0 Å². The van der Waals surface area contributed by atoms with Crippen molar-refractivity contribution in [2.45, 2.75) is 13.1 Å². The topological polar surface area (TPSA) is 64.6 Å². The number of hydrogen-bond donors (Lipinski definition) is 1. The molecule has 2 aromatic carbocycles. The molecule has 0 unspecified atom stereocenters. The van der Waals surface area contributed by atoms with Gasteiger partial charge in [-0.2, -0.15) is 13.2 Å². The Morgan fingerprint density at radius 3 is 2.35 bits per heavy atom. The molecule has 5 nitrogen and oxygen atoms in total. The van der Waals surface area contributed by atoms with Crippen LogP contribution in [-0.4, -0.2) is 25.1 Å². The van der Waals surface area contributed by atoms with Gasteiger partial charge in [0.25, 0.3) is 5.91 Å². The number of rotatable bonds is 6. The Bertz CT molecular complexity index is 773. The van der Waals surface area contributed by atoms with E-state index in [1.807, 2.05) is 13.0 Å². The summed E-state index contributed by atoms with van der Waals surface area (Å²) in [6.45, 7) is 0.935. The Balaban J connectivity index is 1.75. The second-order valence-corrected chi connectivity index (χ2v) is 5.39. The summed E-state index contributed by atoms with van der Waals surface area (Å²) in [5.41, 5.74) is 0.303. The Hall–Kier alpha value is -3.03. The van der Waals surface area contributed by atoms with Crippen LogP contribution in [0.1, 0.15) is 11.1 Å². The molecule has 0 aliphatic rings. The highest BCUT2D eigenvalue weighted by Crippen LogP contribution is 2.29. The molecule has 0 aliphatic carbocycles. The lowest BCUT2D eigenvalue weighted by molar-refractivity contribution is -0.149. The van der Waals surface area contributed by atoms with E-state index in [0.29, 0.717) is 5.75 Å². The van der Waals surface area contributed by atoms with Crippen LogP contribution in [0.5, 0.6) is 5.75 Å². The highest BCUT2D eigenvalue weighted by Gasteiger charge is 2.29. The number of nitrogens with one attached hydrogen (secondary N) is 1. The van der Waals surface area contributed by atoms with Crippen LogP contribution in [0.3, 0.4) is 0 Å². The van der Waals surface area contributed by atoms with E-state index >= 15 is 0 Å². The third-order valence-corrected chi connectivity index (χ3v) is 3.21. The van der Waals surface area contributed by atoms with Gasteiger partial charge >= 0.3 is 12.1 Å². The van der Waals surface area contributed by atoms with Crippen molar-refractivity contribution in [3.8, 4) is 5.75 Å². The van der Waals surface area contributed by atoms with E-state index < -0.39 is 30.2 Å². The van der Waals surface area contributed by atoms with Crippen LogP contribution in [0.2, 0.25) is 0 Å². The normalized spacial score (nSPS) is 10.9. The highest BCUT2D eigenvalue weighted by molar-refractivity contribution is 5.92. The largest absolute Gasteiger partial charge is 0.482 e. The monoisotopic (exact) mass is 367 g/mol. The van der Waals surface area contributed by atoms with Gasteiger partial charge in [0.1, 0.15) is 5.75 Å². The van der Waals surface area contributed by atoms with Gasteiger partial charge in [-0.05, 0) is 48.9 Å². The van der Waals surface area contributed by atoms with Crippen LogP contribution in [-0.2, 0) is 20.5 Å². The Morgan fingerprint density at radius 1 is 1.04 bits per heavy atom. The van der Waals surface area contributed by atoms with E-state index in [1.165, 1.54) is 0 Å². The molecular formula is C18H16F3NO4. The smallest absolute Gasteiger partial charge is 0.416 e. The predicted octanol–water partition coefficient (Wildman–Crippen LogP) is 3.57. The molecular weight excluding hydrogens is 351 g/mol. The molecule has 0 aromatic heterocycles. The average molecular weight is 367 g/mol. The Morgan fingerprint density at radius 2 is 1.73 bits per heavy atom. The van der Waals surface area contributed by atoms with Gasteiger partial charge < -0.3 is 14.8 Å². The summed E-state index contributed by atoms with van der Waals surface area (Å²) in [6.07, 6.45) is -4.45. The fourth-order valence-electron chi connectivity index (χ4n) is 1.97. The van der Waals surface area contributed by atoms with Crippen LogP contribution >= 0.6 is 0 Å². The minimum atomic E-state index is -4.45.